The van der Waals surface area contributed by atoms with Crippen molar-refractivity contribution in [1.82, 2.24) is 0 Å². The van der Waals surface area contributed by atoms with Crippen LogP contribution in [0, 0.1) is 0 Å². The number of hydrogen-bond donors (Lipinski definition) is 0. The van der Waals surface area contributed by atoms with Gasteiger partial charge in [0.25, 0.3) is 0 Å². The minimum Gasteiger partial charge on any atom is -0.462 e. The van der Waals surface area contributed by atoms with Crippen molar-refractivity contribution in [3.63, 3.8) is 0 Å². The summed E-state index contributed by atoms with van der Waals surface area (Å²) in [6.45, 7) is 6.63. The molecule has 0 aliphatic heterocycles. The Morgan fingerprint density at radius 1 is 0.311 bits per heavy atom. The molecule has 0 heterocycles. The van der Waals surface area contributed by atoms with E-state index in [1.165, 1.54) is 167 Å². The Morgan fingerprint density at radius 3 is 0.836 bits per heavy atom. The number of allylic oxidation sites excluding steroid dienone is 4. The maximum absolute atomic E-state index is 12.8. The van der Waals surface area contributed by atoms with Crippen molar-refractivity contribution in [2.75, 3.05) is 13.2 Å². The van der Waals surface area contributed by atoms with Gasteiger partial charge in [-0.25, -0.2) is 0 Å². The second kappa shape index (κ2) is 50.5. The molecule has 0 bridgehead atoms. The number of rotatable bonds is 49. The molecule has 0 amide bonds. The van der Waals surface area contributed by atoms with Gasteiger partial charge in [0, 0.05) is 19.3 Å². The van der Waals surface area contributed by atoms with Crippen molar-refractivity contribution in [3.8, 4) is 0 Å². The molecular weight excluding hydrogens is 757 g/mol. The monoisotopic (exact) mass is 859 g/mol. The van der Waals surface area contributed by atoms with Gasteiger partial charge in [0.15, 0.2) is 6.10 Å². The second-order valence-electron chi connectivity index (χ2n) is 18.1. The Bertz CT molecular complexity index is 989. The zero-order valence-corrected chi connectivity index (χ0v) is 40.9. The van der Waals surface area contributed by atoms with Crippen LogP contribution in [0.3, 0.4) is 0 Å². The largest absolute Gasteiger partial charge is 0.462 e. The highest BCUT2D eigenvalue weighted by Crippen LogP contribution is 2.16. The lowest BCUT2D eigenvalue weighted by Gasteiger charge is -2.18. The van der Waals surface area contributed by atoms with Crippen LogP contribution in [0.1, 0.15) is 290 Å². The molecule has 0 aromatic rings. The zero-order chi connectivity index (χ0) is 44.4. The summed E-state index contributed by atoms with van der Waals surface area (Å²) in [4.78, 5) is 38.0. The standard InChI is InChI=1S/C55H102O6/c1-4-7-10-13-16-19-22-25-26-27-28-31-33-36-39-42-45-48-54(57)60-51-52(61-55(58)49-46-43-40-37-34-30-24-21-18-15-12-9-6-3)50-59-53(56)47-44-41-38-35-32-29-23-20-17-14-11-8-5-2/h29-30,32,34,52H,4-28,31,33,35-51H2,1-3H3/b32-29-,34-30-. The molecule has 0 aromatic carbocycles. The predicted molar refractivity (Wildman–Crippen MR) is 261 cm³/mol. The summed E-state index contributed by atoms with van der Waals surface area (Å²) < 4.78 is 16.8. The molecule has 0 N–H and O–H groups in total. The molecule has 0 fully saturated rings. The topological polar surface area (TPSA) is 78.9 Å². The summed E-state index contributed by atoms with van der Waals surface area (Å²) in [6.07, 6.45) is 57.4. The smallest absolute Gasteiger partial charge is 0.306 e. The average Bonchev–Trinajstić information content (AvgIpc) is 3.26. The van der Waals surface area contributed by atoms with Gasteiger partial charge in [-0.3, -0.25) is 14.4 Å². The van der Waals surface area contributed by atoms with Crippen molar-refractivity contribution in [2.45, 2.75) is 297 Å². The van der Waals surface area contributed by atoms with Crippen LogP contribution in [-0.2, 0) is 28.6 Å². The zero-order valence-electron chi connectivity index (χ0n) is 40.9. The number of hydrogen-bond acceptors (Lipinski definition) is 6. The van der Waals surface area contributed by atoms with E-state index in [9.17, 15) is 14.4 Å². The Labute approximate surface area is 379 Å². The molecular formula is C55H102O6. The van der Waals surface area contributed by atoms with Gasteiger partial charge >= 0.3 is 17.9 Å². The van der Waals surface area contributed by atoms with E-state index in [4.69, 9.17) is 14.2 Å². The highest BCUT2D eigenvalue weighted by atomic mass is 16.6. The Balaban J connectivity index is 4.34. The van der Waals surface area contributed by atoms with E-state index in [1.54, 1.807) is 0 Å². The van der Waals surface area contributed by atoms with Crippen LogP contribution in [0.4, 0.5) is 0 Å². The maximum Gasteiger partial charge on any atom is 0.306 e. The van der Waals surface area contributed by atoms with Gasteiger partial charge < -0.3 is 14.2 Å². The quantitative estimate of drug-likeness (QED) is 0.0262. The van der Waals surface area contributed by atoms with Crippen molar-refractivity contribution in [3.05, 3.63) is 24.3 Å². The fourth-order valence-electron chi connectivity index (χ4n) is 7.84. The number of esters is 3. The Morgan fingerprint density at radius 2 is 0.541 bits per heavy atom. The first-order valence-corrected chi connectivity index (χ1v) is 26.8. The van der Waals surface area contributed by atoms with Gasteiger partial charge in [0.05, 0.1) is 0 Å². The minimum absolute atomic E-state index is 0.0781. The summed E-state index contributed by atoms with van der Waals surface area (Å²) in [7, 11) is 0. The normalized spacial score (nSPS) is 12.1. The van der Waals surface area contributed by atoms with E-state index in [2.05, 4.69) is 45.1 Å². The summed E-state index contributed by atoms with van der Waals surface area (Å²) in [6, 6.07) is 0. The van der Waals surface area contributed by atoms with Gasteiger partial charge in [0.2, 0.25) is 0 Å². The molecule has 0 aliphatic carbocycles. The van der Waals surface area contributed by atoms with Crippen LogP contribution in [0.5, 0.6) is 0 Å². The van der Waals surface area contributed by atoms with Crippen LogP contribution in [0.15, 0.2) is 24.3 Å². The fourth-order valence-corrected chi connectivity index (χ4v) is 7.84. The lowest BCUT2D eigenvalue weighted by molar-refractivity contribution is -0.167. The molecule has 0 aliphatic rings. The third kappa shape index (κ3) is 48.8. The van der Waals surface area contributed by atoms with Crippen molar-refractivity contribution in [1.29, 1.82) is 0 Å². The second-order valence-corrected chi connectivity index (χ2v) is 18.1. The molecule has 1 unspecified atom stereocenters. The SMILES string of the molecule is CCCCCCCC/C=C\CCCCCC(=O)OCC(COC(=O)CCCCCCCCCCCCCCCCCCC)OC(=O)CCCCC/C=C\CCCCCCCC. The third-order valence-electron chi connectivity index (χ3n) is 11.9. The first-order valence-electron chi connectivity index (χ1n) is 26.8. The third-order valence-corrected chi connectivity index (χ3v) is 11.9. The molecule has 0 saturated heterocycles. The summed E-state index contributed by atoms with van der Waals surface area (Å²) in [5.74, 6) is -0.897. The van der Waals surface area contributed by atoms with Crippen LogP contribution in [-0.4, -0.2) is 37.2 Å². The molecule has 6 heteroatoms. The first-order chi connectivity index (χ1) is 30.0. The molecule has 6 nitrogen and oxygen atoms in total. The van der Waals surface area contributed by atoms with E-state index >= 15 is 0 Å². The van der Waals surface area contributed by atoms with Gasteiger partial charge in [0.1, 0.15) is 13.2 Å². The minimum atomic E-state index is -0.780. The van der Waals surface area contributed by atoms with Crippen LogP contribution < -0.4 is 0 Å². The van der Waals surface area contributed by atoms with Gasteiger partial charge in [-0.05, 0) is 70.6 Å². The van der Waals surface area contributed by atoms with E-state index in [0.717, 1.165) is 83.5 Å². The van der Waals surface area contributed by atoms with Crippen molar-refractivity contribution in [2.24, 2.45) is 0 Å². The molecule has 61 heavy (non-hydrogen) atoms. The first kappa shape index (κ1) is 58.9. The molecule has 0 spiro atoms. The highest BCUT2D eigenvalue weighted by molar-refractivity contribution is 5.71. The van der Waals surface area contributed by atoms with Gasteiger partial charge in [-0.15, -0.1) is 0 Å². The summed E-state index contributed by atoms with van der Waals surface area (Å²) in [5, 5.41) is 0. The van der Waals surface area contributed by atoms with E-state index in [-0.39, 0.29) is 31.1 Å². The van der Waals surface area contributed by atoms with Crippen molar-refractivity contribution < 1.29 is 28.6 Å². The molecule has 0 aromatic heterocycles. The molecule has 0 saturated carbocycles. The predicted octanol–water partition coefficient (Wildman–Crippen LogP) is 17.5. The number of unbranched alkanes of at least 4 members (excludes halogenated alkanes) is 34. The molecule has 358 valence electrons. The lowest BCUT2D eigenvalue weighted by atomic mass is 10.0. The lowest BCUT2D eigenvalue weighted by Crippen LogP contribution is -2.30. The van der Waals surface area contributed by atoms with Crippen LogP contribution in [0.2, 0.25) is 0 Å². The van der Waals surface area contributed by atoms with Crippen molar-refractivity contribution >= 4 is 17.9 Å². The van der Waals surface area contributed by atoms with E-state index < -0.39 is 6.10 Å². The number of ether oxygens (including phenoxy) is 3. The summed E-state index contributed by atoms with van der Waals surface area (Å²) in [5.41, 5.74) is 0. The van der Waals surface area contributed by atoms with E-state index in [1.807, 2.05) is 0 Å². The number of carbonyl (C=O) groups is 3. The Kier molecular flexibility index (Phi) is 48.8. The molecule has 1 atom stereocenters. The average molecular weight is 859 g/mol. The molecule has 0 rings (SSSR count). The van der Waals surface area contributed by atoms with Gasteiger partial charge in [-0.1, -0.05) is 225 Å². The summed E-state index contributed by atoms with van der Waals surface area (Å²) >= 11 is 0. The van der Waals surface area contributed by atoms with Gasteiger partial charge in [-0.2, -0.15) is 0 Å². The maximum atomic E-state index is 12.8. The fraction of sp³-hybridized carbons (Fsp3) is 0.873. The van der Waals surface area contributed by atoms with Crippen LogP contribution in [0.25, 0.3) is 0 Å². The van der Waals surface area contributed by atoms with Crippen LogP contribution >= 0.6 is 0 Å². The van der Waals surface area contributed by atoms with E-state index in [0.29, 0.717) is 19.3 Å². The molecule has 0 radical (unpaired) electrons. The highest BCUT2D eigenvalue weighted by Gasteiger charge is 2.19. The Hall–Kier alpha value is -2.11. The number of carbonyl (C=O) groups excluding carboxylic acids is 3.